The van der Waals surface area contributed by atoms with Gasteiger partial charge in [0.05, 0.1) is 26.3 Å². The maximum absolute atomic E-state index is 12.9. The summed E-state index contributed by atoms with van der Waals surface area (Å²) in [5, 5.41) is 12.1. The number of phosphoric acid groups is 1. The van der Waals surface area contributed by atoms with Crippen molar-refractivity contribution in [2.24, 2.45) is 0 Å². The van der Waals surface area contributed by atoms with Gasteiger partial charge in [0, 0.05) is 72.2 Å². The summed E-state index contributed by atoms with van der Waals surface area (Å²) in [5.74, 6) is -2.63. The zero-order chi connectivity index (χ0) is 46.4. The van der Waals surface area contributed by atoms with Crippen molar-refractivity contribution in [3.63, 3.8) is 0 Å². The molecule has 0 bridgehead atoms. The molecule has 1 heterocycles. The van der Waals surface area contributed by atoms with Gasteiger partial charge in [0.1, 0.15) is 20.1 Å². The minimum absolute atomic E-state index is 0.00629. The highest BCUT2D eigenvalue weighted by Crippen LogP contribution is 2.43. The molecule has 0 saturated carbocycles. The van der Waals surface area contributed by atoms with Gasteiger partial charge < -0.3 is 34.3 Å². The van der Waals surface area contributed by atoms with E-state index >= 15 is 0 Å². The van der Waals surface area contributed by atoms with E-state index in [0.29, 0.717) is 71.7 Å². The number of carbonyl (C=O) groups is 6. The summed E-state index contributed by atoms with van der Waals surface area (Å²) in [6.45, 7) is 5.13. The zero-order valence-electron chi connectivity index (χ0n) is 38.0. The van der Waals surface area contributed by atoms with Gasteiger partial charge in [0.2, 0.25) is 5.91 Å². The molecule has 2 atom stereocenters. The molecule has 20 nitrogen and oxygen atoms in total. The molecule has 0 aliphatic carbocycles. The lowest BCUT2D eigenvalue weighted by Crippen LogP contribution is -2.49. The number of nitrogens with one attached hydrogen (secondary N) is 1. The standard InChI is InChI=1S/C42H78N5O15P/c1-3-4-5-6-7-8-9-10-11-12-13-14-15-16-17-18-19-42(54)62-39(32-59-38(2)50)33-61-63(55,56)60-29-20-43-40(51)30-44-21-22-45(31-41(52)53)24-26-47(35-58-37-49)28-27-46(25-23-44)34-57-36-48/h36-37,39H,3-35H2,1-2H3,(H,43,51)(H,52,53)(H,55,56)/t39-/m0/s1. The Hall–Kier alpha value is -3.23. The average Bonchev–Trinajstić information content (AvgIpc) is 3.24. The summed E-state index contributed by atoms with van der Waals surface area (Å²) < 4.78 is 42.9. The molecule has 21 heteroatoms. The van der Waals surface area contributed by atoms with Crippen LogP contribution in [0.4, 0.5) is 0 Å². The van der Waals surface area contributed by atoms with Gasteiger partial charge in [0.25, 0.3) is 12.9 Å². The molecule has 366 valence electrons. The fourth-order valence-corrected chi connectivity index (χ4v) is 7.58. The van der Waals surface area contributed by atoms with Crippen molar-refractivity contribution in [1.29, 1.82) is 0 Å². The van der Waals surface area contributed by atoms with Gasteiger partial charge in [-0.3, -0.25) is 57.4 Å². The summed E-state index contributed by atoms with van der Waals surface area (Å²) in [5.41, 5.74) is 0. The molecular formula is C42H78N5O15P. The van der Waals surface area contributed by atoms with Gasteiger partial charge in [-0.25, -0.2) is 4.57 Å². The van der Waals surface area contributed by atoms with Crippen LogP contribution in [0.5, 0.6) is 0 Å². The minimum atomic E-state index is -4.68. The van der Waals surface area contributed by atoms with Crippen molar-refractivity contribution in [3.05, 3.63) is 0 Å². The smallest absolute Gasteiger partial charge is 0.472 e. The average molecular weight is 924 g/mol. The number of amides is 1. The van der Waals surface area contributed by atoms with E-state index in [2.05, 4.69) is 12.2 Å². The van der Waals surface area contributed by atoms with Crippen LogP contribution in [0.3, 0.4) is 0 Å². The summed E-state index contributed by atoms with van der Waals surface area (Å²) in [6.07, 6.45) is 18.3. The van der Waals surface area contributed by atoms with Gasteiger partial charge in [-0.05, 0) is 6.42 Å². The Morgan fingerprint density at radius 3 is 1.54 bits per heavy atom. The first-order valence-corrected chi connectivity index (χ1v) is 24.3. The van der Waals surface area contributed by atoms with Gasteiger partial charge in [-0.1, -0.05) is 103 Å². The normalized spacial score (nSPS) is 16.4. The predicted octanol–water partition coefficient (Wildman–Crippen LogP) is 3.93. The topological polar surface area (TPSA) is 240 Å². The lowest BCUT2D eigenvalue weighted by Gasteiger charge is -2.33. The molecule has 1 rings (SSSR count). The number of rotatable bonds is 37. The highest BCUT2D eigenvalue weighted by atomic mass is 31.2. The van der Waals surface area contributed by atoms with E-state index in [0.717, 1.165) is 19.3 Å². The van der Waals surface area contributed by atoms with E-state index < -0.39 is 51.0 Å². The van der Waals surface area contributed by atoms with Crippen molar-refractivity contribution in [2.75, 3.05) is 105 Å². The second-order valence-corrected chi connectivity index (χ2v) is 17.3. The molecule has 0 aromatic rings. The Morgan fingerprint density at radius 2 is 1.10 bits per heavy atom. The van der Waals surface area contributed by atoms with Crippen LogP contribution >= 0.6 is 7.82 Å². The fraction of sp³-hybridized carbons (Fsp3) is 0.857. The van der Waals surface area contributed by atoms with Crippen LogP contribution in [0.15, 0.2) is 0 Å². The van der Waals surface area contributed by atoms with Gasteiger partial charge in [-0.15, -0.1) is 0 Å². The molecule has 1 fully saturated rings. The van der Waals surface area contributed by atoms with E-state index in [-0.39, 0.29) is 46.1 Å². The Balaban J connectivity index is 2.48. The quantitative estimate of drug-likeness (QED) is 0.0263. The lowest BCUT2D eigenvalue weighted by atomic mass is 10.0. The van der Waals surface area contributed by atoms with E-state index in [1.54, 1.807) is 9.80 Å². The van der Waals surface area contributed by atoms with Crippen molar-refractivity contribution in [2.45, 2.75) is 129 Å². The molecule has 1 unspecified atom stereocenters. The lowest BCUT2D eigenvalue weighted by molar-refractivity contribution is -0.160. The third kappa shape index (κ3) is 34.8. The number of hydrogen-bond acceptors (Lipinski definition) is 17. The van der Waals surface area contributed by atoms with E-state index in [4.69, 9.17) is 28.0 Å². The predicted molar refractivity (Wildman–Crippen MR) is 233 cm³/mol. The van der Waals surface area contributed by atoms with Crippen molar-refractivity contribution >= 4 is 44.6 Å². The van der Waals surface area contributed by atoms with Crippen LogP contribution in [0.25, 0.3) is 0 Å². The van der Waals surface area contributed by atoms with E-state index in [1.807, 2.05) is 9.80 Å². The number of phosphoric ester groups is 1. The first-order chi connectivity index (χ1) is 30.4. The number of ether oxygens (including phenoxy) is 4. The van der Waals surface area contributed by atoms with Crippen LogP contribution in [0.2, 0.25) is 0 Å². The van der Waals surface area contributed by atoms with Crippen molar-refractivity contribution < 1.29 is 71.3 Å². The van der Waals surface area contributed by atoms with Crippen molar-refractivity contribution in [1.82, 2.24) is 24.9 Å². The van der Waals surface area contributed by atoms with Gasteiger partial charge >= 0.3 is 25.7 Å². The second-order valence-electron chi connectivity index (χ2n) is 15.9. The molecule has 0 aromatic carbocycles. The SMILES string of the molecule is CCCCCCCCCCCCCCCCCCC(=O)O[C@@H](COC(C)=O)COP(=O)(O)OCCNC(=O)CN1CCN(COC=O)CCN(COC=O)CCN(CC(=O)O)CC1. The molecule has 63 heavy (non-hydrogen) atoms. The third-order valence-corrected chi connectivity index (χ3v) is 11.4. The van der Waals surface area contributed by atoms with Gasteiger partial charge in [0.15, 0.2) is 6.10 Å². The summed E-state index contributed by atoms with van der Waals surface area (Å²) >= 11 is 0. The third-order valence-electron chi connectivity index (χ3n) is 10.4. The molecule has 3 N–H and O–H groups in total. The first-order valence-electron chi connectivity index (χ1n) is 22.8. The molecular weight excluding hydrogens is 845 g/mol. The van der Waals surface area contributed by atoms with Crippen molar-refractivity contribution in [3.8, 4) is 0 Å². The van der Waals surface area contributed by atoms with Crippen LogP contribution in [-0.2, 0) is 61.3 Å². The molecule has 0 radical (unpaired) electrons. The molecule has 0 aromatic heterocycles. The first kappa shape index (κ1) is 57.8. The number of nitrogens with zero attached hydrogens (tertiary/aromatic N) is 4. The Bertz CT molecular complexity index is 1300. The highest BCUT2D eigenvalue weighted by molar-refractivity contribution is 7.47. The Morgan fingerprint density at radius 1 is 0.651 bits per heavy atom. The molecule has 1 amide bonds. The monoisotopic (exact) mass is 924 g/mol. The fourth-order valence-electron chi connectivity index (χ4n) is 6.83. The largest absolute Gasteiger partial charge is 0.480 e. The van der Waals surface area contributed by atoms with E-state index in [1.165, 1.54) is 84.0 Å². The number of carboxylic acid groups (broad SMARTS) is 1. The molecule has 1 aliphatic rings. The number of aliphatic carboxylic acids is 1. The van der Waals surface area contributed by atoms with Crippen LogP contribution < -0.4 is 5.32 Å². The van der Waals surface area contributed by atoms with Crippen LogP contribution in [0.1, 0.15) is 123 Å². The van der Waals surface area contributed by atoms with Crippen LogP contribution in [0, 0.1) is 0 Å². The number of carbonyl (C=O) groups excluding carboxylic acids is 5. The summed E-state index contributed by atoms with van der Waals surface area (Å²) in [6, 6.07) is 0. The number of esters is 2. The Labute approximate surface area is 374 Å². The molecule has 0 spiro atoms. The minimum Gasteiger partial charge on any atom is -0.480 e. The summed E-state index contributed by atoms with van der Waals surface area (Å²) in [7, 11) is -4.68. The van der Waals surface area contributed by atoms with E-state index in [9.17, 15) is 43.3 Å². The maximum Gasteiger partial charge on any atom is 0.472 e. The number of unbranched alkanes of at least 4 members (excludes halogenated alkanes) is 15. The molecule has 1 saturated heterocycles. The zero-order valence-corrected chi connectivity index (χ0v) is 38.9. The second kappa shape index (κ2) is 38.1. The Kier molecular flexibility index (Phi) is 34.9. The molecule has 1 aliphatic heterocycles. The van der Waals surface area contributed by atoms with Crippen LogP contribution in [-0.4, -0.2) is 178 Å². The number of hydrogen-bond donors (Lipinski definition) is 3. The number of carboxylic acids is 1. The van der Waals surface area contributed by atoms with Gasteiger partial charge in [-0.2, -0.15) is 0 Å². The summed E-state index contributed by atoms with van der Waals surface area (Å²) in [4.78, 5) is 87.7. The highest BCUT2D eigenvalue weighted by Gasteiger charge is 2.26. The maximum atomic E-state index is 12.9.